The van der Waals surface area contributed by atoms with E-state index in [0.29, 0.717) is 0 Å². The normalized spacial score (nSPS) is 11.2. The van der Waals surface area contributed by atoms with Gasteiger partial charge in [0.15, 0.2) is 5.16 Å². The van der Waals surface area contributed by atoms with E-state index in [9.17, 15) is 0 Å². The quantitative estimate of drug-likeness (QED) is 0.402. The molecule has 2 heterocycles. The second-order valence-corrected chi connectivity index (χ2v) is 7.17. The molecule has 28 heavy (non-hydrogen) atoms. The summed E-state index contributed by atoms with van der Waals surface area (Å²) >= 11 is 1.53. The Labute approximate surface area is 166 Å². The zero-order valence-corrected chi connectivity index (χ0v) is 15.9. The lowest BCUT2D eigenvalue weighted by atomic mass is 10.2. The third-order valence-corrected chi connectivity index (χ3v) is 5.51. The Morgan fingerprint density at radius 2 is 1.68 bits per heavy atom. The summed E-state index contributed by atoms with van der Waals surface area (Å²) in [6.45, 7) is 0. The number of aromatic nitrogens is 4. The van der Waals surface area contributed by atoms with Gasteiger partial charge in [0.25, 0.3) is 0 Å². The van der Waals surface area contributed by atoms with Crippen molar-refractivity contribution in [2.45, 2.75) is 10.2 Å². The Balaban J connectivity index is 1.70. The van der Waals surface area contributed by atoms with E-state index >= 15 is 0 Å². The Kier molecular flexibility index (Phi) is 4.18. The molecule has 6 heteroatoms. The molecule has 0 bridgehead atoms. The van der Waals surface area contributed by atoms with E-state index in [1.54, 1.807) is 13.4 Å². The number of methoxy groups -OCH3 is 1. The van der Waals surface area contributed by atoms with Crippen molar-refractivity contribution >= 4 is 33.7 Å². The van der Waals surface area contributed by atoms with Crippen LogP contribution in [0.15, 0.2) is 89.3 Å². The Bertz CT molecular complexity index is 1280. The summed E-state index contributed by atoms with van der Waals surface area (Å²) in [5, 5.41) is 2.64. The predicted molar refractivity (Wildman–Crippen MR) is 111 cm³/mol. The highest BCUT2D eigenvalue weighted by molar-refractivity contribution is 7.99. The fraction of sp³-hybridized carbons (Fsp3) is 0.0455. The molecule has 0 saturated carbocycles. The number of ether oxygens (including phenoxy) is 1. The van der Waals surface area contributed by atoms with E-state index in [2.05, 4.69) is 32.7 Å². The SMILES string of the molecule is COc1ccc2ncnc(Sc3nc4ccccc4n3-c3ccccc3)c2c1. The number of imidazole rings is 1. The van der Waals surface area contributed by atoms with Crippen molar-refractivity contribution in [1.82, 2.24) is 19.5 Å². The van der Waals surface area contributed by atoms with Crippen LogP contribution >= 0.6 is 11.8 Å². The second kappa shape index (κ2) is 6.98. The number of hydrogen-bond donors (Lipinski definition) is 0. The summed E-state index contributed by atoms with van der Waals surface area (Å²) in [6, 6.07) is 24.2. The van der Waals surface area contributed by atoms with Crippen LogP contribution in [0.3, 0.4) is 0 Å². The molecule has 3 aromatic carbocycles. The highest BCUT2D eigenvalue weighted by Crippen LogP contribution is 2.35. The topological polar surface area (TPSA) is 52.8 Å². The molecule has 0 radical (unpaired) electrons. The summed E-state index contributed by atoms with van der Waals surface area (Å²) in [4.78, 5) is 13.8. The standard InChI is InChI=1S/C22H16N4OS/c1-27-16-11-12-18-17(13-16)21(24-14-23-18)28-22-25-19-9-5-6-10-20(19)26(22)15-7-3-2-4-8-15/h2-14H,1H3. The average Bonchev–Trinajstić information content (AvgIpc) is 3.12. The molecular formula is C22H16N4OS. The van der Waals surface area contributed by atoms with Gasteiger partial charge < -0.3 is 4.74 Å². The number of benzene rings is 3. The van der Waals surface area contributed by atoms with Gasteiger partial charge in [0, 0.05) is 11.1 Å². The third-order valence-electron chi connectivity index (χ3n) is 4.54. The molecule has 0 spiro atoms. The van der Waals surface area contributed by atoms with E-state index in [-0.39, 0.29) is 0 Å². The molecule has 0 aliphatic rings. The van der Waals surface area contributed by atoms with Crippen molar-refractivity contribution < 1.29 is 4.74 Å². The smallest absolute Gasteiger partial charge is 0.180 e. The minimum Gasteiger partial charge on any atom is -0.497 e. The van der Waals surface area contributed by atoms with Gasteiger partial charge in [0.1, 0.15) is 17.1 Å². The molecule has 0 aliphatic carbocycles. The maximum absolute atomic E-state index is 5.38. The van der Waals surface area contributed by atoms with E-state index < -0.39 is 0 Å². The first-order chi connectivity index (χ1) is 13.8. The lowest BCUT2D eigenvalue weighted by Crippen LogP contribution is -1.97. The van der Waals surface area contributed by atoms with Gasteiger partial charge in [-0.1, -0.05) is 30.3 Å². The molecule has 0 atom stereocenters. The Morgan fingerprint density at radius 1 is 0.857 bits per heavy atom. The number of rotatable bonds is 4. The summed E-state index contributed by atoms with van der Waals surface area (Å²) in [6.07, 6.45) is 1.59. The van der Waals surface area contributed by atoms with Gasteiger partial charge in [-0.2, -0.15) is 0 Å². The fourth-order valence-corrected chi connectivity index (χ4v) is 4.19. The molecule has 0 aliphatic heterocycles. The summed E-state index contributed by atoms with van der Waals surface area (Å²) < 4.78 is 7.54. The highest BCUT2D eigenvalue weighted by Gasteiger charge is 2.16. The van der Waals surface area contributed by atoms with E-state index in [0.717, 1.165) is 43.6 Å². The zero-order valence-electron chi connectivity index (χ0n) is 15.1. The van der Waals surface area contributed by atoms with Crippen LogP contribution in [0.5, 0.6) is 5.75 Å². The van der Waals surface area contributed by atoms with Crippen molar-refractivity contribution in [3.05, 3.63) is 79.1 Å². The lowest BCUT2D eigenvalue weighted by molar-refractivity contribution is 0.415. The van der Waals surface area contributed by atoms with Crippen LogP contribution in [-0.2, 0) is 0 Å². The maximum Gasteiger partial charge on any atom is 0.180 e. The van der Waals surface area contributed by atoms with Gasteiger partial charge in [-0.3, -0.25) is 4.57 Å². The Hall–Kier alpha value is -3.38. The number of para-hydroxylation sites is 3. The van der Waals surface area contributed by atoms with E-state index in [1.807, 2.05) is 54.6 Å². The Morgan fingerprint density at radius 3 is 2.54 bits per heavy atom. The lowest BCUT2D eigenvalue weighted by Gasteiger charge is -2.10. The van der Waals surface area contributed by atoms with Gasteiger partial charge in [-0.25, -0.2) is 15.0 Å². The molecule has 0 saturated heterocycles. The van der Waals surface area contributed by atoms with Crippen LogP contribution in [0.4, 0.5) is 0 Å². The molecule has 5 aromatic rings. The minimum atomic E-state index is 0.778. The van der Waals surface area contributed by atoms with Gasteiger partial charge in [-0.15, -0.1) is 0 Å². The van der Waals surface area contributed by atoms with Crippen LogP contribution in [0, 0.1) is 0 Å². The first kappa shape index (κ1) is 16.8. The average molecular weight is 384 g/mol. The van der Waals surface area contributed by atoms with Gasteiger partial charge in [0.05, 0.1) is 23.7 Å². The highest BCUT2D eigenvalue weighted by atomic mass is 32.2. The van der Waals surface area contributed by atoms with Crippen molar-refractivity contribution in [2.24, 2.45) is 0 Å². The van der Waals surface area contributed by atoms with Crippen molar-refractivity contribution in [3.8, 4) is 11.4 Å². The van der Waals surface area contributed by atoms with Gasteiger partial charge in [-0.05, 0) is 54.2 Å². The first-order valence-corrected chi connectivity index (χ1v) is 9.64. The molecule has 5 rings (SSSR count). The molecule has 0 N–H and O–H groups in total. The summed E-state index contributed by atoms with van der Waals surface area (Å²) in [7, 11) is 1.66. The maximum atomic E-state index is 5.38. The monoisotopic (exact) mass is 384 g/mol. The van der Waals surface area contributed by atoms with Crippen LogP contribution in [0.1, 0.15) is 0 Å². The largest absolute Gasteiger partial charge is 0.497 e. The molecular weight excluding hydrogens is 368 g/mol. The molecule has 5 nitrogen and oxygen atoms in total. The van der Waals surface area contributed by atoms with E-state index in [4.69, 9.17) is 9.72 Å². The molecule has 2 aromatic heterocycles. The molecule has 0 fully saturated rings. The first-order valence-electron chi connectivity index (χ1n) is 8.83. The van der Waals surface area contributed by atoms with Crippen LogP contribution in [-0.4, -0.2) is 26.6 Å². The number of fused-ring (bicyclic) bond motifs is 2. The van der Waals surface area contributed by atoms with Crippen LogP contribution in [0.2, 0.25) is 0 Å². The van der Waals surface area contributed by atoms with Crippen LogP contribution in [0.25, 0.3) is 27.6 Å². The van der Waals surface area contributed by atoms with Crippen molar-refractivity contribution in [3.63, 3.8) is 0 Å². The fourth-order valence-electron chi connectivity index (χ4n) is 3.21. The molecule has 136 valence electrons. The number of nitrogens with zero attached hydrogens (tertiary/aromatic N) is 4. The molecule has 0 amide bonds. The predicted octanol–water partition coefficient (Wildman–Crippen LogP) is 5.13. The van der Waals surface area contributed by atoms with E-state index in [1.165, 1.54) is 11.8 Å². The van der Waals surface area contributed by atoms with Gasteiger partial charge in [0.2, 0.25) is 0 Å². The zero-order chi connectivity index (χ0) is 18.9. The van der Waals surface area contributed by atoms with Crippen molar-refractivity contribution in [1.29, 1.82) is 0 Å². The van der Waals surface area contributed by atoms with Gasteiger partial charge >= 0.3 is 0 Å². The summed E-state index contributed by atoms with van der Waals surface area (Å²) in [5.74, 6) is 0.778. The minimum absolute atomic E-state index is 0.778. The van der Waals surface area contributed by atoms with Crippen LogP contribution < -0.4 is 4.74 Å². The molecule has 0 unspecified atom stereocenters. The second-order valence-electron chi connectivity index (χ2n) is 6.22. The van der Waals surface area contributed by atoms with Crippen molar-refractivity contribution in [2.75, 3.05) is 7.11 Å². The number of hydrogen-bond acceptors (Lipinski definition) is 5. The summed E-state index contributed by atoms with van der Waals surface area (Å²) in [5.41, 5.74) is 3.95. The third kappa shape index (κ3) is 2.88.